The van der Waals surface area contributed by atoms with E-state index in [1.165, 1.54) is 6.07 Å². The third-order valence-corrected chi connectivity index (χ3v) is 3.31. The lowest BCUT2D eigenvalue weighted by Crippen LogP contribution is -2.32. The second kappa shape index (κ2) is 7.13. The number of anilines is 1. The van der Waals surface area contributed by atoms with Crippen molar-refractivity contribution in [2.45, 2.75) is 19.4 Å². The molecule has 0 bridgehead atoms. The second-order valence-corrected chi connectivity index (χ2v) is 5.01. The normalized spacial score (nSPS) is 11.8. The summed E-state index contributed by atoms with van der Waals surface area (Å²) in [4.78, 5) is 0. The first-order chi connectivity index (χ1) is 10.1. The Balaban J connectivity index is 2.01. The topological polar surface area (TPSA) is 24.1 Å². The minimum Gasteiger partial charge on any atom is -0.356 e. The molecule has 2 aromatic carbocycles. The molecule has 2 nitrogen and oxygen atoms in total. The van der Waals surface area contributed by atoms with Gasteiger partial charge in [-0.3, -0.25) is 0 Å². The van der Waals surface area contributed by atoms with Crippen LogP contribution in [0.5, 0.6) is 0 Å². The van der Waals surface area contributed by atoms with Crippen LogP contribution in [0.15, 0.2) is 48.5 Å². The Hall–Kier alpha value is -2.01. The van der Waals surface area contributed by atoms with Gasteiger partial charge in [-0.2, -0.15) is 0 Å². The van der Waals surface area contributed by atoms with Gasteiger partial charge in [0.1, 0.15) is 0 Å². The van der Waals surface area contributed by atoms with Gasteiger partial charge in [0.2, 0.25) is 0 Å². The molecule has 0 amide bonds. The Bertz CT molecular complexity index is 617. The van der Waals surface area contributed by atoms with Crippen molar-refractivity contribution in [1.29, 1.82) is 0 Å². The third kappa shape index (κ3) is 4.23. The van der Waals surface area contributed by atoms with Crippen LogP contribution in [0.4, 0.5) is 14.5 Å². The highest BCUT2D eigenvalue weighted by molar-refractivity contribution is 7.80. The number of rotatable bonds is 4. The van der Waals surface area contributed by atoms with Crippen molar-refractivity contribution in [3.05, 3.63) is 65.7 Å². The van der Waals surface area contributed by atoms with Gasteiger partial charge in [-0.05, 0) is 36.3 Å². The molecule has 0 spiro atoms. The molecule has 2 rings (SSSR count). The van der Waals surface area contributed by atoms with Gasteiger partial charge in [0, 0.05) is 11.8 Å². The van der Waals surface area contributed by atoms with E-state index in [2.05, 4.69) is 10.6 Å². The third-order valence-electron chi connectivity index (χ3n) is 3.09. The Morgan fingerprint density at radius 1 is 1.10 bits per heavy atom. The van der Waals surface area contributed by atoms with Crippen molar-refractivity contribution in [3.63, 3.8) is 0 Å². The molecule has 5 heteroatoms. The van der Waals surface area contributed by atoms with Crippen LogP contribution in [0.2, 0.25) is 0 Å². The molecule has 0 radical (unpaired) electrons. The highest BCUT2D eigenvalue weighted by Gasteiger charge is 2.10. The highest BCUT2D eigenvalue weighted by Crippen LogP contribution is 2.17. The fourth-order valence-corrected chi connectivity index (χ4v) is 2.27. The Labute approximate surface area is 128 Å². The predicted octanol–water partition coefficient (Wildman–Crippen LogP) is 4.40. The molecular formula is C16H16F2N2S. The summed E-state index contributed by atoms with van der Waals surface area (Å²) < 4.78 is 26.0. The molecule has 0 aliphatic heterocycles. The van der Waals surface area contributed by atoms with Crippen LogP contribution in [-0.2, 0) is 0 Å². The Kier molecular flexibility index (Phi) is 5.22. The molecule has 0 saturated carbocycles. The van der Waals surface area contributed by atoms with Gasteiger partial charge < -0.3 is 10.6 Å². The van der Waals surface area contributed by atoms with Crippen LogP contribution >= 0.6 is 12.2 Å². The lowest BCUT2D eigenvalue weighted by molar-refractivity contribution is 0.509. The van der Waals surface area contributed by atoms with Gasteiger partial charge in [-0.1, -0.05) is 37.3 Å². The van der Waals surface area contributed by atoms with Gasteiger partial charge >= 0.3 is 0 Å². The molecule has 2 aromatic rings. The summed E-state index contributed by atoms with van der Waals surface area (Å²) in [7, 11) is 0. The summed E-state index contributed by atoms with van der Waals surface area (Å²) in [5.74, 6) is -1.78. The molecular weight excluding hydrogens is 290 g/mol. The number of thiocarbonyl (C=S) groups is 1. The standard InChI is InChI=1S/C16H16F2N2S/c1-2-15(11-6-4-3-5-7-11)20-16(21)19-12-8-9-13(17)14(18)10-12/h3-10,15H,2H2,1H3,(H2,19,20,21)/t15-/m1/s1. The zero-order chi connectivity index (χ0) is 15.2. The van der Waals surface area contributed by atoms with Crippen molar-refractivity contribution in [2.24, 2.45) is 0 Å². The molecule has 110 valence electrons. The van der Waals surface area contributed by atoms with E-state index < -0.39 is 11.6 Å². The zero-order valence-corrected chi connectivity index (χ0v) is 12.4. The van der Waals surface area contributed by atoms with E-state index >= 15 is 0 Å². The van der Waals surface area contributed by atoms with E-state index in [4.69, 9.17) is 12.2 Å². The molecule has 0 aromatic heterocycles. The van der Waals surface area contributed by atoms with E-state index in [0.717, 1.165) is 24.1 Å². The molecule has 0 aliphatic carbocycles. The molecule has 1 atom stereocenters. The second-order valence-electron chi connectivity index (χ2n) is 4.60. The summed E-state index contributed by atoms with van der Waals surface area (Å²) in [6.45, 7) is 2.05. The van der Waals surface area contributed by atoms with Crippen molar-refractivity contribution >= 4 is 23.0 Å². The first-order valence-electron chi connectivity index (χ1n) is 6.67. The average Bonchev–Trinajstić information content (AvgIpc) is 2.49. The van der Waals surface area contributed by atoms with Crippen molar-refractivity contribution in [1.82, 2.24) is 5.32 Å². The highest BCUT2D eigenvalue weighted by atomic mass is 32.1. The first-order valence-corrected chi connectivity index (χ1v) is 7.08. The smallest absolute Gasteiger partial charge is 0.171 e. The number of halogens is 2. The van der Waals surface area contributed by atoms with Gasteiger partial charge in [-0.15, -0.1) is 0 Å². The number of hydrogen-bond donors (Lipinski definition) is 2. The van der Waals surface area contributed by atoms with Crippen LogP contribution in [-0.4, -0.2) is 5.11 Å². The van der Waals surface area contributed by atoms with Gasteiger partial charge in [0.25, 0.3) is 0 Å². The predicted molar refractivity (Wildman–Crippen MR) is 85.2 cm³/mol. The maximum Gasteiger partial charge on any atom is 0.171 e. The van der Waals surface area contributed by atoms with E-state index in [0.29, 0.717) is 10.8 Å². The number of benzene rings is 2. The van der Waals surface area contributed by atoms with Gasteiger partial charge in [-0.25, -0.2) is 8.78 Å². The minimum absolute atomic E-state index is 0.0662. The summed E-state index contributed by atoms with van der Waals surface area (Å²) in [6.07, 6.45) is 0.851. The zero-order valence-electron chi connectivity index (χ0n) is 11.6. The monoisotopic (exact) mass is 306 g/mol. The fourth-order valence-electron chi connectivity index (χ4n) is 2.01. The molecule has 0 aliphatic rings. The summed E-state index contributed by atoms with van der Waals surface area (Å²) >= 11 is 5.22. The van der Waals surface area contributed by atoms with Gasteiger partial charge in [0.15, 0.2) is 16.7 Å². The van der Waals surface area contributed by atoms with Crippen LogP contribution in [0.25, 0.3) is 0 Å². The molecule has 21 heavy (non-hydrogen) atoms. The SMILES string of the molecule is CC[C@@H](NC(=S)Nc1ccc(F)c(F)c1)c1ccccc1. The fraction of sp³-hybridized carbons (Fsp3) is 0.188. The van der Waals surface area contributed by atoms with Crippen molar-refractivity contribution < 1.29 is 8.78 Å². The summed E-state index contributed by atoms with van der Waals surface area (Å²) in [5, 5.41) is 6.40. The van der Waals surface area contributed by atoms with Crippen LogP contribution in [0.1, 0.15) is 24.9 Å². The molecule has 0 heterocycles. The molecule has 2 N–H and O–H groups in total. The summed E-state index contributed by atoms with van der Waals surface area (Å²) in [6, 6.07) is 13.6. The quantitative estimate of drug-likeness (QED) is 0.819. The number of nitrogens with one attached hydrogen (secondary N) is 2. The minimum atomic E-state index is -0.905. The average molecular weight is 306 g/mol. The van der Waals surface area contributed by atoms with Crippen molar-refractivity contribution in [2.75, 3.05) is 5.32 Å². The van der Waals surface area contributed by atoms with E-state index in [-0.39, 0.29) is 6.04 Å². The maximum atomic E-state index is 13.1. The van der Waals surface area contributed by atoms with Crippen LogP contribution in [0.3, 0.4) is 0 Å². The molecule has 0 fully saturated rings. The van der Waals surface area contributed by atoms with E-state index in [1.807, 2.05) is 37.3 Å². The van der Waals surface area contributed by atoms with Crippen LogP contribution < -0.4 is 10.6 Å². The molecule has 0 saturated heterocycles. The first kappa shape index (κ1) is 15.4. The maximum absolute atomic E-state index is 13.1. The lowest BCUT2D eigenvalue weighted by Gasteiger charge is -2.20. The van der Waals surface area contributed by atoms with E-state index in [1.54, 1.807) is 0 Å². The van der Waals surface area contributed by atoms with Crippen LogP contribution in [0, 0.1) is 11.6 Å². The van der Waals surface area contributed by atoms with Crippen molar-refractivity contribution in [3.8, 4) is 0 Å². The molecule has 0 unspecified atom stereocenters. The summed E-state index contributed by atoms with van der Waals surface area (Å²) in [5.41, 5.74) is 1.53. The van der Waals surface area contributed by atoms with E-state index in [9.17, 15) is 8.78 Å². The van der Waals surface area contributed by atoms with Gasteiger partial charge in [0.05, 0.1) is 6.04 Å². The largest absolute Gasteiger partial charge is 0.356 e. The lowest BCUT2D eigenvalue weighted by atomic mass is 10.1. The Morgan fingerprint density at radius 2 is 1.81 bits per heavy atom. The number of hydrogen-bond acceptors (Lipinski definition) is 1. The Morgan fingerprint density at radius 3 is 2.43 bits per heavy atom.